The van der Waals surface area contributed by atoms with Crippen LogP contribution in [0.25, 0.3) is 11.1 Å². The van der Waals surface area contributed by atoms with Crippen LogP contribution >= 0.6 is 0 Å². The summed E-state index contributed by atoms with van der Waals surface area (Å²) in [4.78, 5) is 4.52. The molecule has 2 aromatic carbocycles. The summed E-state index contributed by atoms with van der Waals surface area (Å²) in [6.07, 6.45) is 8.15. The van der Waals surface area contributed by atoms with Gasteiger partial charge in [-0.25, -0.2) is 4.39 Å². The molecule has 3 heteroatoms. The van der Waals surface area contributed by atoms with E-state index in [4.69, 9.17) is 0 Å². The number of aryl methyl sites for hydroxylation is 1. The molecule has 1 N–H and O–H groups in total. The van der Waals surface area contributed by atoms with Crippen LogP contribution in [0, 0.1) is 12.7 Å². The first-order chi connectivity index (χ1) is 12.5. The quantitative estimate of drug-likeness (QED) is 0.527. The maximum absolute atomic E-state index is 14.3. The van der Waals surface area contributed by atoms with Crippen molar-refractivity contribution in [1.82, 2.24) is 0 Å². The third-order valence-electron chi connectivity index (χ3n) is 4.52. The number of anilines is 1. The molecule has 0 bridgehead atoms. The monoisotopic (exact) mass is 350 g/mol. The summed E-state index contributed by atoms with van der Waals surface area (Å²) >= 11 is 0. The zero-order chi connectivity index (χ0) is 19.1. The molecule has 0 aromatic heterocycles. The minimum Gasteiger partial charge on any atom is -0.362 e. The van der Waals surface area contributed by atoms with E-state index in [1.165, 1.54) is 6.07 Å². The van der Waals surface area contributed by atoms with Crippen molar-refractivity contribution in [3.8, 4) is 11.1 Å². The van der Waals surface area contributed by atoms with Crippen molar-refractivity contribution in [3.63, 3.8) is 0 Å². The van der Waals surface area contributed by atoms with Crippen molar-refractivity contribution >= 4 is 17.6 Å². The molecule has 0 aliphatic heterocycles. The zero-order valence-corrected chi connectivity index (χ0v) is 16.0. The topological polar surface area (TPSA) is 24.4 Å². The van der Waals surface area contributed by atoms with Crippen LogP contribution in [-0.4, -0.2) is 6.21 Å². The fourth-order valence-electron chi connectivity index (χ4n) is 2.95. The van der Waals surface area contributed by atoms with Gasteiger partial charge in [0.1, 0.15) is 5.82 Å². The van der Waals surface area contributed by atoms with Gasteiger partial charge in [0.2, 0.25) is 0 Å². The molecule has 0 fully saturated rings. The second-order valence-corrected chi connectivity index (χ2v) is 6.38. The zero-order valence-electron chi connectivity index (χ0n) is 16.0. The molecule has 0 heterocycles. The number of hydrogen-bond donors (Lipinski definition) is 1. The van der Waals surface area contributed by atoms with Gasteiger partial charge in [-0.15, -0.1) is 0 Å². The maximum atomic E-state index is 14.3. The van der Waals surface area contributed by atoms with Gasteiger partial charge in [-0.05, 0) is 78.9 Å². The normalized spacial score (nSPS) is 12.7. The van der Waals surface area contributed by atoms with Crippen molar-refractivity contribution in [2.24, 2.45) is 4.99 Å². The van der Waals surface area contributed by atoms with E-state index in [1.54, 1.807) is 18.5 Å². The molecule has 1 atom stereocenters. The highest BCUT2D eigenvalue weighted by molar-refractivity contribution is 5.80. The lowest BCUT2D eigenvalue weighted by Gasteiger charge is -2.20. The van der Waals surface area contributed by atoms with Crippen molar-refractivity contribution < 1.29 is 4.39 Å². The number of halogens is 1. The van der Waals surface area contributed by atoms with Gasteiger partial charge in [-0.3, -0.25) is 4.99 Å². The molecule has 2 nitrogen and oxygen atoms in total. The van der Waals surface area contributed by atoms with Gasteiger partial charge in [0.25, 0.3) is 0 Å². The number of aliphatic imine (C=N–C) groups is 1. The Morgan fingerprint density at radius 1 is 1.27 bits per heavy atom. The predicted octanol–water partition coefficient (Wildman–Crippen LogP) is 7.15. The van der Waals surface area contributed by atoms with E-state index >= 15 is 0 Å². The van der Waals surface area contributed by atoms with Gasteiger partial charge < -0.3 is 5.32 Å². The molecule has 136 valence electrons. The summed E-state index contributed by atoms with van der Waals surface area (Å²) in [5, 5.41) is 3.10. The minimum atomic E-state index is -0.268. The summed E-state index contributed by atoms with van der Waals surface area (Å²) in [7, 11) is 0. The lowest BCUT2D eigenvalue weighted by molar-refractivity contribution is 0.626. The van der Waals surface area contributed by atoms with E-state index in [0.29, 0.717) is 0 Å². The first kappa shape index (κ1) is 19.6. The molecule has 0 saturated heterocycles. The summed E-state index contributed by atoms with van der Waals surface area (Å²) in [6.45, 7) is 12.0. The highest BCUT2D eigenvalue weighted by Gasteiger charge is 2.17. The van der Waals surface area contributed by atoms with Crippen LogP contribution in [0.5, 0.6) is 0 Å². The van der Waals surface area contributed by atoms with E-state index in [2.05, 4.69) is 30.7 Å². The van der Waals surface area contributed by atoms with Gasteiger partial charge in [-0.1, -0.05) is 38.6 Å². The average Bonchev–Trinajstić information content (AvgIpc) is 2.62. The molecular weight excluding hydrogens is 323 g/mol. The fourth-order valence-corrected chi connectivity index (χ4v) is 2.95. The van der Waals surface area contributed by atoms with E-state index in [-0.39, 0.29) is 11.7 Å². The lowest BCUT2D eigenvalue weighted by atomic mass is 9.88. The first-order valence-electron chi connectivity index (χ1n) is 8.99. The molecular formula is C23H27FN2. The van der Waals surface area contributed by atoms with Gasteiger partial charge in [-0.2, -0.15) is 0 Å². The first-order valence-corrected chi connectivity index (χ1v) is 8.99. The second-order valence-electron chi connectivity index (χ2n) is 6.38. The number of nitrogens with zero attached hydrogens (tertiary/aromatic N) is 1. The smallest absolute Gasteiger partial charge is 0.125 e. The molecule has 26 heavy (non-hydrogen) atoms. The van der Waals surface area contributed by atoms with Crippen molar-refractivity contribution in [2.45, 2.75) is 40.0 Å². The van der Waals surface area contributed by atoms with Crippen LogP contribution in [0.15, 0.2) is 60.3 Å². The van der Waals surface area contributed by atoms with E-state index in [1.807, 2.05) is 44.2 Å². The Morgan fingerprint density at radius 3 is 2.69 bits per heavy atom. The third kappa shape index (κ3) is 4.48. The van der Waals surface area contributed by atoms with Gasteiger partial charge >= 0.3 is 0 Å². The van der Waals surface area contributed by atoms with Gasteiger partial charge in [0.05, 0.1) is 5.69 Å². The largest absolute Gasteiger partial charge is 0.362 e. The Hall–Kier alpha value is -2.68. The van der Waals surface area contributed by atoms with Gasteiger partial charge in [0, 0.05) is 11.9 Å². The Bertz CT molecular complexity index is 834. The summed E-state index contributed by atoms with van der Waals surface area (Å²) in [6, 6.07) is 9.23. The molecule has 0 radical (unpaired) electrons. The molecule has 0 amide bonds. The van der Waals surface area contributed by atoms with Crippen LogP contribution in [0.4, 0.5) is 15.8 Å². The summed E-state index contributed by atoms with van der Waals surface area (Å²) in [5.41, 5.74) is 5.69. The molecule has 1 unspecified atom stereocenters. The van der Waals surface area contributed by atoms with Gasteiger partial charge in [0.15, 0.2) is 0 Å². The maximum Gasteiger partial charge on any atom is 0.125 e. The van der Waals surface area contributed by atoms with Crippen LogP contribution in [-0.2, 0) is 0 Å². The Labute approximate surface area is 156 Å². The SMILES string of the molecule is C=CNc1cc(F)cc(-c2ccc(C)c(/N=C\C=C/C)c2)c1C(C)CC. The van der Waals surface area contributed by atoms with Crippen LogP contribution in [0.3, 0.4) is 0 Å². The highest BCUT2D eigenvalue weighted by atomic mass is 19.1. The van der Waals surface area contributed by atoms with Crippen LogP contribution in [0.1, 0.15) is 44.2 Å². The summed E-state index contributed by atoms with van der Waals surface area (Å²) in [5.74, 6) is 0.0141. The standard InChI is InChI=1S/C23H27FN2/c1-6-9-12-26-21-13-18(11-10-17(21)5)20-14-19(24)15-22(25-8-3)23(20)16(4)7-2/h6,8-16,25H,3,7H2,1-2,4-5H3/b9-6-,26-12-. The number of hydrogen-bond acceptors (Lipinski definition) is 2. The Balaban J connectivity index is 2.67. The van der Waals surface area contributed by atoms with E-state index in [9.17, 15) is 4.39 Å². The number of allylic oxidation sites excluding steroid dienone is 2. The van der Waals surface area contributed by atoms with E-state index in [0.717, 1.165) is 40.0 Å². The highest BCUT2D eigenvalue weighted by Crippen LogP contribution is 2.39. The van der Waals surface area contributed by atoms with Crippen molar-refractivity contribution in [2.75, 3.05) is 5.32 Å². The fraction of sp³-hybridized carbons (Fsp3) is 0.261. The van der Waals surface area contributed by atoms with Crippen molar-refractivity contribution in [3.05, 3.63) is 72.2 Å². The van der Waals surface area contributed by atoms with Crippen LogP contribution < -0.4 is 5.32 Å². The molecule has 0 spiro atoms. The van der Waals surface area contributed by atoms with E-state index < -0.39 is 0 Å². The Morgan fingerprint density at radius 2 is 2.04 bits per heavy atom. The van der Waals surface area contributed by atoms with Crippen LogP contribution in [0.2, 0.25) is 0 Å². The summed E-state index contributed by atoms with van der Waals surface area (Å²) < 4.78 is 14.3. The minimum absolute atomic E-state index is 0.268. The number of nitrogens with one attached hydrogen (secondary N) is 1. The molecule has 0 saturated carbocycles. The average molecular weight is 350 g/mol. The lowest BCUT2D eigenvalue weighted by Crippen LogP contribution is -2.03. The number of rotatable bonds is 7. The molecule has 2 rings (SSSR count). The van der Waals surface area contributed by atoms with Crippen molar-refractivity contribution in [1.29, 1.82) is 0 Å². The molecule has 0 aliphatic carbocycles. The predicted molar refractivity (Wildman–Crippen MR) is 112 cm³/mol. The Kier molecular flexibility index (Phi) is 6.90. The molecule has 0 aliphatic rings. The number of benzene rings is 2. The second kappa shape index (κ2) is 9.14. The molecule has 2 aromatic rings. The third-order valence-corrected chi connectivity index (χ3v) is 4.52.